The van der Waals surface area contributed by atoms with E-state index in [9.17, 15) is 4.79 Å². The van der Waals surface area contributed by atoms with Gasteiger partial charge in [-0.1, -0.05) is 17.7 Å². The first kappa shape index (κ1) is 22.0. The number of aromatic amines is 1. The first-order valence-electron chi connectivity index (χ1n) is 11.5. The van der Waals surface area contributed by atoms with Crippen LogP contribution < -0.4 is 5.32 Å². The summed E-state index contributed by atoms with van der Waals surface area (Å²) in [5.41, 5.74) is 2.97. The lowest BCUT2D eigenvalue weighted by Crippen LogP contribution is -2.57. The van der Waals surface area contributed by atoms with Crippen LogP contribution in [0.3, 0.4) is 0 Å². The highest BCUT2D eigenvalue weighted by atomic mass is 35.5. The molecule has 5 aromatic rings. The molecule has 9 heteroatoms. The van der Waals surface area contributed by atoms with Gasteiger partial charge in [0.05, 0.1) is 53.4 Å². The lowest BCUT2D eigenvalue weighted by Gasteiger charge is -2.42. The minimum Gasteiger partial charge on any atom is -0.372 e. The zero-order valence-electron chi connectivity index (χ0n) is 19.5. The van der Waals surface area contributed by atoms with E-state index in [4.69, 9.17) is 16.3 Å². The summed E-state index contributed by atoms with van der Waals surface area (Å²) < 4.78 is 8.11. The van der Waals surface area contributed by atoms with Gasteiger partial charge >= 0.3 is 0 Å². The molecule has 1 aliphatic heterocycles. The fourth-order valence-corrected chi connectivity index (χ4v) is 5.11. The van der Waals surface area contributed by atoms with Crippen molar-refractivity contribution in [1.29, 1.82) is 0 Å². The molecule has 4 aromatic heterocycles. The summed E-state index contributed by atoms with van der Waals surface area (Å²) in [6.45, 7) is 5.47. The predicted octanol–water partition coefficient (Wildman–Crippen LogP) is 4.64. The first-order valence-corrected chi connectivity index (χ1v) is 11.9. The standard InChI is InChI=1S/C26H25ClN6O2/c1-26(2)15-32(13-23-29-11-17-5-3-4-8-33(17)23)22(14-35-26)25(34)31-20-10-16(27)9-19-18-6-7-28-12-21(18)30-24(19)20/h3-12,22,30H,13-15H2,1-2H3,(H,31,34)/t22-/m0/s1. The van der Waals surface area contributed by atoms with Crippen molar-refractivity contribution >= 4 is 50.5 Å². The summed E-state index contributed by atoms with van der Waals surface area (Å²) in [6.07, 6.45) is 7.35. The number of nitrogens with one attached hydrogen (secondary N) is 2. The molecule has 178 valence electrons. The summed E-state index contributed by atoms with van der Waals surface area (Å²) >= 11 is 6.44. The predicted molar refractivity (Wildman–Crippen MR) is 137 cm³/mol. The number of carbonyl (C=O) groups excluding carboxylic acids is 1. The molecule has 0 bridgehead atoms. The molecule has 5 heterocycles. The molecule has 0 unspecified atom stereocenters. The van der Waals surface area contributed by atoms with E-state index in [0.29, 0.717) is 23.8 Å². The van der Waals surface area contributed by atoms with E-state index in [1.165, 1.54) is 0 Å². The first-order chi connectivity index (χ1) is 16.9. The number of rotatable bonds is 4. The molecule has 1 aromatic carbocycles. The van der Waals surface area contributed by atoms with Gasteiger partial charge in [-0.2, -0.15) is 0 Å². The summed E-state index contributed by atoms with van der Waals surface area (Å²) in [7, 11) is 0. The van der Waals surface area contributed by atoms with Crippen LogP contribution in [-0.4, -0.2) is 55.0 Å². The zero-order valence-corrected chi connectivity index (χ0v) is 20.2. The molecule has 0 saturated carbocycles. The number of ether oxygens (including phenoxy) is 1. The smallest absolute Gasteiger partial charge is 0.244 e. The van der Waals surface area contributed by atoms with Gasteiger partial charge in [0.1, 0.15) is 11.9 Å². The van der Waals surface area contributed by atoms with Crippen LogP contribution in [0.15, 0.2) is 61.2 Å². The van der Waals surface area contributed by atoms with Gasteiger partial charge in [0, 0.05) is 34.7 Å². The Morgan fingerprint density at radius 1 is 1.26 bits per heavy atom. The number of pyridine rings is 2. The van der Waals surface area contributed by atoms with Gasteiger partial charge in [0.2, 0.25) is 5.91 Å². The van der Waals surface area contributed by atoms with Crippen LogP contribution in [-0.2, 0) is 16.1 Å². The highest BCUT2D eigenvalue weighted by Gasteiger charge is 2.38. The Morgan fingerprint density at radius 3 is 3.03 bits per heavy atom. The third-order valence-corrected chi connectivity index (χ3v) is 6.77. The number of carbonyl (C=O) groups is 1. The molecule has 1 aliphatic rings. The molecule has 1 amide bonds. The molecule has 8 nitrogen and oxygen atoms in total. The number of aromatic nitrogens is 4. The maximum absolute atomic E-state index is 13.6. The number of H-pyrrole nitrogens is 1. The topological polar surface area (TPSA) is 87.6 Å². The van der Waals surface area contributed by atoms with Crippen molar-refractivity contribution in [1.82, 2.24) is 24.3 Å². The number of morpholine rings is 1. The number of nitrogens with zero attached hydrogens (tertiary/aromatic N) is 4. The van der Waals surface area contributed by atoms with Crippen molar-refractivity contribution in [2.24, 2.45) is 0 Å². The van der Waals surface area contributed by atoms with E-state index in [-0.39, 0.29) is 18.1 Å². The second-order valence-electron chi connectivity index (χ2n) is 9.57. The number of amides is 1. The van der Waals surface area contributed by atoms with Crippen molar-refractivity contribution in [2.75, 3.05) is 18.5 Å². The molecule has 2 N–H and O–H groups in total. The lowest BCUT2D eigenvalue weighted by atomic mass is 10.0. The fourth-order valence-electron chi connectivity index (χ4n) is 4.89. The van der Waals surface area contributed by atoms with E-state index < -0.39 is 6.04 Å². The summed E-state index contributed by atoms with van der Waals surface area (Å²) in [6, 6.07) is 11.1. The average Bonchev–Trinajstić information content (AvgIpc) is 3.40. The summed E-state index contributed by atoms with van der Waals surface area (Å²) in [4.78, 5) is 27.9. The summed E-state index contributed by atoms with van der Waals surface area (Å²) in [5.74, 6) is 0.728. The Labute approximate surface area is 206 Å². The van der Waals surface area contributed by atoms with Gasteiger partial charge in [0.15, 0.2) is 0 Å². The Balaban J connectivity index is 1.32. The molecular weight excluding hydrogens is 464 g/mol. The third kappa shape index (κ3) is 4.03. The Hall–Kier alpha value is -3.46. The highest BCUT2D eigenvalue weighted by molar-refractivity contribution is 6.33. The van der Waals surface area contributed by atoms with Crippen LogP contribution in [0, 0.1) is 0 Å². The number of benzene rings is 1. The van der Waals surface area contributed by atoms with E-state index in [1.54, 1.807) is 18.5 Å². The minimum absolute atomic E-state index is 0.151. The number of imidazole rings is 1. The van der Waals surface area contributed by atoms with Crippen LogP contribution in [0.2, 0.25) is 5.02 Å². The third-order valence-electron chi connectivity index (χ3n) is 6.55. The number of hydrogen-bond donors (Lipinski definition) is 2. The van der Waals surface area contributed by atoms with Crippen LogP contribution in [0.1, 0.15) is 19.7 Å². The van der Waals surface area contributed by atoms with Gasteiger partial charge in [-0.05, 0) is 44.2 Å². The fraction of sp³-hybridized carbons (Fsp3) is 0.269. The summed E-state index contributed by atoms with van der Waals surface area (Å²) in [5, 5.41) is 5.60. The molecule has 0 radical (unpaired) electrons. The van der Waals surface area contributed by atoms with Crippen molar-refractivity contribution in [3.05, 3.63) is 72.0 Å². The minimum atomic E-state index is -0.487. The van der Waals surface area contributed by atoms with Crippen molar-refractivity contribution < 1.29 is 9.53 Å². The SMILES string of the molecule is CC1(C)CN(Cc2ncc3ccccn23)[C@H](C(=O)Nc2cc(Cl)cc3c2[nH]c2cnccc23)CO1. The molecule has 1 fully saturated rings. The van der Waals surface area contributed by atoms with Gasteiger partial charge < -0.3 is 19.4 Å². The Bertz CT molecular complexity index is 1570. The van der Waals surface area contributed by atoms with Crippen LogP contribution in [0.5, 0.6) is 0 Å². The molecule has 1 saturated heterocycles. The maximum Gasteiger partial charge on any atom is 0.244 e. The normalized spacial score (nSPS) is 18.4. The second kappa shape index (κ2) is 8.34. The molecular formula is C26H25ClN6O2. The van der Waals surface area contributed by atoms with Crippen molar-refractivity contribution in [2.45, 2.75) is 32.0 Å². The quantitative estimate of drug-likeness (QED) is 0.385. The molecule has 0 spiro atoms. The van der Waals surface area contributed by atoms with Crippen LogP contribution >= 0.6 is 11.6 Å². The highest BCUT2D eigenvalue weighted by Crippen LogP contribution is 2.33. The van der Waals surface area contributed by atoms with E-state index in [0.717, 1.165) is 33.1 Å². The Morgan fingerprint density at radius 2 is 2.14 bits per heavy atom. The molecule has 6 rings (SSSR count). The Kier molecular flexibility index (Phi) is 5.25. The molecule has 1 atom stereocenters. The zero-order chi connectivity index (χ0) is 24.2. The van der Waals surface area contributed by atoms with Gasteiger partial charge in [-0.15, -0.1) is 0 Å². The molecule has 35 heavy (non-hydrogen) atoms. The second-order valence-corrected chi connectivity index (χ2v) is 10.0. The van der Waals surface area contributed by atoms with Gasteiger partial charge in [-0.25, -0.2) is 4.98 Å². The number of anilines is 1. The largest absolute Gasteiger partial charge is 0.372 e. The van der Waals surface area contributed by atoms with E-state index in [1.807, 2.05) is 56.6 Å². The number of halogens is 1. The van der Waals surface area contributed by atoms with E-state index in [2.05, 4.69) is 29.6 Å². The van der Waals surface area contributed by atoms with Gasteiger partial charge in [-0.3, -0.25) is 14.7 Å². The lowest BCUT2D eigenvalue weighted by molar-refractivity contribution is -0.144. The average molecular weight is 489 g/mol. The van der Waals surface area contributed by atoms with E-state index >= 15 is 0 Å². The van der Waals surface area contributed by atoms with Crippen molar-refractivity contribution in [3.63, 3.8) is 0 Å². The number of fused-ring (bicyclic) bond motifs is 4. The maximum atomic E-state index is 13.6. The van der Waals surface area contributed by atoms with Crippen LogP contribution in [0.4, 0.5) is 5.69 Å². The van der Waals surface area contributed by atoms with Crippen LogP contribution in [0.25, 0.3) is 27.3 Å². The number of hydrogen-bond acceptors (Lipinski definition) is 5. The monoisotopic (exact) mass is 488 g/mol. The van der Waals surface area contributed by atoms with Gasteiger partial charge in [0.25, 0.3) is 0 Å². The molecule has 0 aliphatic carbocycles. The van der Waals surface area contributed by atoms with Crippen molar-refractivity contribution in [3.8, 4) is 0 Å².